The summed E-state index contributed by atoms with van der Waals surface area (Å²) in [7, 11) is 0. The molecule has 2 atom stereocenters. The van der Waals surface area contributed by atoms with Crippen LogP contribution in [0.25, 0.3) is 11.4 Å². The first-order valence-electron chi connectivity index (χ1n) is 13.6. The summed E-state index contributed by atoms with van der Waals surface area (Å²) in [5.74, 6) is -0.288. The SMILES string of the molecule is C[C@@H]1CCC(=O)N(C[C@H](CC(=O)N2CCc3c(nc(-c4cccnc4)nc3C(F)(F)F)C2)NC(=O)OC(C)(C)C)C1. The molecule has 4 rings (SSSR count). The predicted octanol–water partition coefficient (Wildman–Crippen LogP) is 3.98. The number of nitrogens with zero attached hydrogens (tertiary/aromatic N) is 5. The smallest absolute Gasteiger partial charge is 0.433 e. The highest BCUT2D eigenvalue weighted by atomic mass is 19.4. The maximum absolute atomic E-state index is 13.9. The van der Waals surface area contributed by atoms with E-state index in [1.165, 1.54) is 17.3 Å². The first-order valence-corrected chi connectivity index (χ1v) is 13.6. The van der Waals surface area contributed by atoms with E-state index in [2.05, 4.69) is 20.3 Å². The monoisotopic (exact) mass is 576 g/mol. The molecule has 222 valence electrons. The number of alkyl carbamates (subject to hydrolysis) is 1. The Balaban J connectivity index is 1.55. The summed E-state index contributed by atoms with van der Waals surface area (Å²) in [6, 6.07) is 2.39. The molecule has 3 amide bonds. The third-order valence-corrected chi connectivity index (χ3v) is 6.92. The van der Waals surface area contributed by atoms with Gasteiger partial charge in [-0.15, -0.1) is 0 Å². The average molecular weight is 577 g/mol. The maximum atomic E-state index is 13.9. The number of rotatable bonds is 6. The topological polar surface area (TPSA) is 118 Å². The minimum absolute atomic E-state index is 0.0311. The highest BCUT2D eigenvalue weighted by molar-refractivity contribution is 5.79. The number of hydrogen-bond acceptors (Lipinski definition) is 7. The lowest BCUT2D eigenvalue weighted by atomic mass is 9.98. The Bertz CT molecular complexity index is 1280. The number of carbonyl (C=O) groups excluding carboxylic acids is 3. The van der Waals surface area contributed by atoms with Crippen LogP contribution in [0.3, 0.4) is 0 Å². The lowest BCUT2D eigenvalue weighted by Gasteiger charge is -2.35. The number of hydrogen-bond donors (Lipinski definition) is 1. The molecule has 2 aromatic rings. The Labute approximate surface area is 236 Å². The zero-order valence-electron chi connectivity index (χ0n) is 23.6. The second kappa shape index (κ2) is 12.0. The van der Waals surface area contributed by atoms with E-state index in [0.717, 1.165) is 6.42 Å². The van der Waals surface area contributed by atoms with Gasteiger partial charge in [-0.1, -0.05) is 6.92 Å². The van der Waals surface area contributed by atoms with Gasteiger partial charge in [0.15, 0.2) is 11.5 Å². The van der Waals surface area contributed by atoms with Gasteiger partial charge in [-0.05, 0) is 51.7 Å². The Hall–Kier alpha value is -3.77. The van der Waals surface area contributed by atoms with Crippen molar-refractivity contribution in [1.29, 1.82) is 0 Å². The second-order valence-corrected chi connectivity index (χ2v) is 11.6. The number of amides is 3. The van der Waals surface area contributed by atoms with Crippen molar-refractivity contribution in [3.63, 3.8) is 0 Å². The Morgan fingerprint density at radius 2 is 1.95 bits per heavy atom. The lowest BCUT2D eigenvalue weighted by molar-refractivity contribution is -0.142. The normalized spacial score (nSPS) is 18.5. The molecular formula is C28H35F3N6O4. The van der Waals surface area contributed by atoms with Crippen LogP contribution in [0.1, 0.15) is 63.9 Å². The lowest BCUT2D eigenvalue weighted by Crippen LogP contribution is -2.51. The van der Waals surface area contributed by atoms with Gasteiger partial charge in [0.05, 0.1) is 18.3 Å². The number of aromatic nitrogens is 3. The summed E-state index contributed by atoms with van der Waals surface area (Å²) in [6.07, 6.45) is -1.63. The first-order chi connectivity index (χ1) is 19.2. The Morgan fingerprint density at radius 1 is 1.20 bits per heavy atom. The Morgan fingerprint density at radius 3 is 2.61 bits per heavy atom. The van der Waals surface area contributed by atoms with Crippen LogP contribution in [-0.4, -0.2) is 73.9 Å². The highest BCUT2D eigenvalue weighted by Crippen LogP contribution is 2.35. The number of alkyl halides is 3. The molecule has 41 heavy (non-hydrogen) atoms. The predicted molar refractivity (Wildman–Crippen MR) is 142 cm³/mol. The molecule has 1 saturated heterocycles. The third-order valence-electron chi connectivity index (χ3n) is 6.92. The van der Waals surface area contributed by atoms with Gasteiger partial charge in [0.1, 0.15) is 5.60 Å². The summed E-state index contributed by atoms with van der Waals surface area (Å²) in [6.45, 7) is 7.67. The van der Waals surface area contributed by atoms with Gasteiger partial charge in [-0.3, -0.25) is 14.6 Å². The molecule has 0 bridgehead atoms. The van der Waals surface area contributed by atoms with Gasteiger partial charge < -0.3 is 19.9 Å². The van der Waals surface area contributed by atoms with E-state index in [-0.39, 0.29) is 67.3 Å². The minimum Gasteiger partial charge on any atom is -0.444 e. The molecular weight excluding hydrogens is 541 g/mol. The maximum Gasteiger partial charge on any atom is 0.433 e. The van der Waals surface area contributed by atoms with Crippen LogP contribution < -0.4 is 5.32 Å². The van der Waals surface area contributed by atoms with Crippen LogP contribution in [-0.2, 0) is 33.5 Å². The largest absolute Gasteiger partial charge is 0.444 e. The molecule has 1 N–H and O–H groups in total. The van der Waals surface area contributed by atoms with Gasteiger partial charge in [0.25, 0.3) is 0 Å². The van der Waals surface area contributed by atoms with Crippen LogP contribution in [0.5, 0.6) is 0 Å². The van der Waals surface area contributed by atoms with E-state index in [1.54, 1.807) is 37.8 Å². The average Bonchev–Trinajstić information content (AvgIpc) is 2.88. The summed E-state index contributed by atoms with van der Waals surface area (Å²) in [5, 5.41) is 2.72. The van der Waals surface area contributed by atoms with Gasteiger partial charge in [-0.2, -0.15) is 13.2 Å². The van der Waals surface area contributed by atoms with Crippen molar-refractivity contribution in [3.05, 3.63) is 41.5 Å². The molecule has 13 heteroatoms. The number of piperidine rings is 1. The standard InChI is InChI=1S/C28H35F3N6O4/c1-17-7-8-22(38)37(14-17)15-19(33-26(40)41-27(2,3)4)12-23(39)36-11-9-20-21(16-36)34-25(18-6-5-10-32-13-18)35-24(20)28(29,30)31/h5-6,10,13,17,19H,7-9,11-12,14-16H2,1-4H3,(H,33,40)/t17-,19+/m1/s1. The quantitative estimate of drug-likeness (QED) is 0.553. The molecule has 0 saturated carbocycles. The third kappa shape index (κ3) is 7.92. The van der Waals surface area contributed by atoms with E-state index in [4.69, 9.17) is 4.74 Å². The molecule has 0 radical (unpaired) electrons. The fourth-order valence-electron chi connectivity index (χ4n) is 5.02. The molecule has 0 aliphatic carbocycles. The molecule has 1 fully saturated rings. The van der Waals surface area contributed by atoms with Crippen LogP contribution in [0.15, 0.2) is 24.5 Å². The van der Waals surface area contributed by atoms with E-state index in [1.807, 2.05) is 6.92 Å². The van der Waals surface area contributed by atoms with Crippen LogP contribution >= 0.6 is 0 Å². The van der Waals surface area contributed by atoms with Crippen molar-refractivity contribution in [1.82, 2.24) is 30.1 Å². The fraction of sp³-hybridized carbons (Fsp3) is 0.571. The van der Waals surface area contributed by atoms with Crippen molar-refractivity contribution < 1.29 is 32.3 Å². The molecule has 4 heterocycles. The molecule has 2 aromatic heterocycles. The number of fused-ring (bicyclic) bond motifs is 1. The van der Waals surface area contributed by atoms with E-state index >= 15 is 0 Å². The van der Waals surface area contributed by atoms with Crippen molar-refractivity contribution >= 4 is 17.9 Å². The molecule has 0 unspecified atom stereocenters. The molecule has 2 aliphatic rings. The van der Waals surface area contributed by atoms with Crippen molar-refractivity contribution in [2.45, 2.75) is 77.7 Å². The van der Waals surface area contributed by atoms with Crippen molar-refractivity contribution in [2.75, 3.05) is 19.6 Å². The molecule has 10 nitrogen and oxygen atoms in total. The fourth-order valence-corrected chi connectivity index (χ4v) is 5.02. The number of nitrogens with one attached hydrogen (secondary N) is 1. The van der Waals surface area contributed by atoms with Crippen LogP contribution in [0.2, 0.25) is 0 Å². The number of halogens is 3. The van der Waals surface area contributed by atoms with Gasteiger partial charge in [-0.25, -0.2) is 14.8 Å². The van der Waals surface area contributed by atoms with Gasteiger partial charge >= 0.3 is 12.3 Å². The number of pyridine rings is 1. The molecule has 0 spiro atoms. The first kappa shape index (κ1) is 30.2. The molecule has 0 aromatic carbocycles. The molecule has 2 aliphatic heterocycles. The number of carbonyl (C=O) groups is 3. The van der Waals surface area contributed by atoms with E-state index in [9.17, 15) is 27.6 Å². The zero-order valence-corrected chi connectivity index (χ0v) is 23.6. The minimum atomic E-state index is -4.70. The second-order valence-electron chi connectivity index (χ2n) is 11.6. The van der Waals surface area contributed by atoms with E-state index in [0.29, 0.717) is 18.5 Å². The summed E-state index contributed by atoms with van der Waals surface area (Å²) >= 11 is 0. The van der Waals surface area contributed by atoms with Crippen molar-refractivity contribution in [2.24, 2.45) is 5.92 Å². The number of ether oxygens (including phenoxy) is 1. The van der Waals surface area contributed by atoms with Crippen LogP contribution in [0.4, 0.5) is 18.0 Å². The van der Waals surface area contributed by atoms with Crippen molar-refractivity contribution in [3.8, 4) is 11.4 Å². The van der Waals surface area contributed by atoms with Gasteiger partial charge in [0.2, 0.25) is 11.8 Å². The highest BCUT2D eigenvalue weighted by Gasteiger charge is 2.39. The van der Waals surface area contributed by atoms with Crippen LogP contribution in [0, 0.1) is 5.92 Å². The van der Waals surface area contributed by atoms with E-state index < -0.39 is 29.6 Å². The summed E-state index contributed by atoms with van der Waals surface area (Å²) < 4.78 is 47.2. The summed E-state index contributed by atoms with van der Waals surface area (Å²) in [5.41, 5.74) is -1.39. The number of likely N-dealkylation sites (tertiary alicyclic amines) is 1. The Kier molecular flexibility index (Phi) is 8.83. The summed E-state index contributed by atoms with van der Waals surface area (Å²) in [4.78, 5) is 53.8. The zero-order chi connectivity index (χ0) is 29.9. The van der Waals surface area contributed by atoms with Gasteiger partial charge in [0, 0.05) is 56.0 Å².